The summed E-state index contributed by atoms with van der Waals surface area (Å²) >= 11 is 0. The van der Waals surface area contributed by atoms with Crippen molar-refractivity contribution in [3.8, 4) is 0 Å². The number of ketones is 1. The van der Waals surface area contributed by atoms with E-state index in [1.165, 1.54) is 6.07 Å². The number of ether oxygens (including phenoxy) is 1. The lowest BCUT2D eigenvalue weighted by Gasteiger charge is -2.33. The zero-order valence-electron chi connectivity index (χ0n) is 15.7. The van der Waals surface area contributed by atoms with E-state index in [9.17, 15) is 14.0 Å². The van der Waals surface area contributed by atoms with Crippen LogP contribution in [-0.4, -0.2) is 36.3 Å². The number of carbonyl (C=O) groups excluding carboxylic acids is 2. The van der Waals surface area contributed by atoms with Gasteiger partial charge in [-0.3, -0.25) is 9.59 Å². The van der Waals surface area contributed by atoms with E-state index >= 15 is 0 Å². The number of aryl methyl sites for hydroxylation is 2. The molecule has 0 radical (unpaired) electrons. The molecule has 0 aromatic heterocycles. The van der Waals surface area contributed by atoms with Gasteiger partial charge in [-0.2, -0.15) is 0 Å². The summed E-state index contributed by atoms with van der Waals surface area (Å²) in [5.74, 6) is -0.469. The van der Waals surface area contributed by atoms with Gasteiger partial charge in [-0.15, -0.1) is 0 Å². The predicted octanol–water partition coefficient (Wildman–Crippen LogP) is 4.01. The van der Waals surface area contributed by atoms with Crippen LogP contribution in [0, 0.1) is 19.7 Å². The molecule has 1 fully saturated rings. The highest BCUT2D eigenvalue weighted by atomic mass is 19.1. The SMILES string of the molecule is Cc1ccc(C(=O)CCC(=O)N2CCOC(c3ccccc3F)C2)cc1C. The third kappa shape index (κ3) is 4.61. The van der Waals surface area contributed by atoms with E-state index in [-0.39, 0.29) is 30.3 Å². The van der Waals surface area contributed by atoms with E-state index in [0.29, 0.717) is 30.8 Å². The zero-order valence-corrected chi connectivity index (χ0v) is 15.7. The molecule has 0 aliphatic carbocycles. The van der Waals surface area contributed by atoms with Gasteiger partial charge in [-0.1, -0.05) is 30.3 Å². The molecular weight excluding hydrogens is 345 g/mol. The minimum absolute atomic E-state index is 0.0367. The van der Waals surface area contributed by atoms with Crippen LogP contribution in [0.15, 0.2) is 42.5 Å². The lowest BCUT2D eigenvalue weighted by molar-refractivity contribution is -0.139. The first kappa shape index (κ1) is 19.2. The van der Waals surface area contributed by atoms with Gasteiger partial charge in [0.2, 0.25) is 5.91 Å². The minimum atomic E-state index is -0.473. The molecule has 1 atom stereocenters. The highest BCUT2D eigenvalue weighted by molar-refractivity contribution is 5.98. The fourth-order valence-corrected chi connectivity index (χ4v) is 3.24. The summed E-state index contributed by atoms with van der Waals surface area (Å²) in [7, 11) is 0. The molecule has 1 aliphatic heterocycles. The molecule has 2 aromatic rings. The maximum atomic E-state index is 14.0. The number of hydrogen-bond donors (Lipinski definition) is 0. The van der Waals surface area contributed by atoms with Crippen molar-refractivity contribution >= 4 is 11.7 Å². The Kier molecular flexibility index (Phi) is 6.01. The smallest absolute Gasteiger partial charge is 0.223 e. The van der Waals surface area contributed by atoms with E-state index in [2.05, 4.69) is 0 Å². The van der Waals surface area contributed by atoms with Crippen LogP contribution in [0.3, 0.4) is 0 Å². The van der Waals surface area contributed by atoms with E-state index < -0.39 is 6.10 Å². The highest BCUT2D eigenvalue weighted by Gasteiger charge is 2.27. The maximum Gasteiger partial charge on any atom is 0.223 e. The molecule has 0 bridgehead atoms. The number of morpholine rings is 1. The summed E-state index contributed by atoms with van der Waals surface area (Å²) in [6, 6.07) is 12.0. The van der Waals surface area contributed by atoms with Gasteiger partial charge >= 0.3 is 0 Å². The largest absolute Gasteiger partial charge is 0.370 e. The lowest BCUT2D eigenvalue weighted by atomic mass is 10.0. The van der Waals surface area contributed by atoms with Gasteiger partial charge in [0.05, 0.1) is 13.2 Å². The van der Waals surface area contributed by atoms with Gasteiger partial charge in [0, 0.05) is 30.5 Å². The topological polar surface area (TPSA) is 46.6 Å². The maximum absolute atomic E-state index is 14.0. The van der Waals surface area contributed by atoms with Crippen molar-refractivity contribution in [1.82, 2.24) is 4.90 Å². The third-order valence-corrected chi connectivity index (χ3v) is 5.07. The van der Waals surface area contributed by atoms with Crippen LogP contribution in [0.25, 0.3) is 0 Å². The Morgan fingerprint density at radius 2 is 1.89 bits per heavy atom. The second-order valence-electron chi connectivity index (χ2n) is 6.94. The minimum Gasteiger partial charge on any atom is -0.370 e. The fraction of sp³-hybridized carbons (Fsp3) is 0.364. The van der Waals surface area contributed by atoms with Crippen molar-refractivity contribution in [3.63, 3.8) is 0 Å². The molecule has 2 aromatic carbocycles. The number of Topliss-reactive ketones (excluding diaryl/α,β-unsaturated/α-hetero) is 1. The van der Waals surface area contributed by atoms with Crippen LogP contribution < -0.4 is 0 Å². The predicted molar refractivity (Wildman–Crippen MR) is 101 cm³/mol. The number of hydrogen-bond acceptors (Lipinski definition) is 3. The Morgan fingerprint density at radius 3 is 2.63 bits per heavy atom. The van der Waals surface area contributed by atoms with Crippen molar-refractivity contribution in [2.45, 2.75) is 32.8 Å². The molecule has 1 aliphatic rings. The van der Waals surface area contributed by atoms with Gasteiger partial charge < -0.3 is 9.64 Å². The summed E-state index contributed by atoms with van der Waals surface area (Å²) in [6.07, 6.45) is -0.155. The Hall–Kier alpha value is -2.53. The van der Waals surface area contributed by atoms with Crippen molar-refractivity contribution in [1.29, 1.82) is 0 Å². The molecule has 1 unspecified atom stereocenters. The highest BCUT2D eigenvalue weighted by Crippen LogP contribution is 2.25. The van der Waals surface area contributed by atoms with Gasteiger partial charge in [-0.25, -0.2) is 4.39 Å². The monoisotopic (exact) mass is 369 g/mol. The Bertz CT molecular complexity index is 849. The third-order valence-electron chi connectivity index (χ3n) is 5.07. The lowest BCUT2D eigenvalue weighted by Crippen LogP contribution is -2.42. The standard InChI is InChI=1S/C22H24FNO3/c1-15-7-8-17(13-16(15)2)20(25)9-10-22(26)24-11-12-27-21(14-24)18-5-3-4-6-19(18)23/h3-8,13,21H,9-12,14H2,1-2H3. The molecular formula is C22H24FNO3. The van der Waals surface area contributed by atoms with Crippen LogP contribution in [0.2, 0.25) is 0 Å². The van der Waals surface area contributed by atoms with E-state index in [1.54, 1.807) is 29.2 Å². The molecule has 1 amide bonds. The van der Waals surface area contributed by atoms with Crippen LogP contribution in [0.1, 0.15) is 46.0 Å². The molecule has 0 N–H and O–H groups in total. The summed E-state index contributed by atoms with van der Waals surface area (Å²) in [5, 5.41) is 0. The van der Waals surface area contributed by atoms with Crippen molar-refractivity contribution in [3.05, 3.63) is 70.5 Å². The van der Waals surface area contributed by atoms with Gasteiger partial charge in [0.1, 0.15) is 11.9 Å². The molecule has 5 heteroatoms. The Balaban J connectivity index is 1.58. The molecule has 142 valence electrons. The molecule has 3 rings (SSSR count). The zero-order chi connectivity index (χ0) is 19.4. The summed E-state index contributed by atoms with van der Waals surface area (Å²) < 4.78 is 19.6. The quantitative estimate of drug-likeness (QED) is 0.748. The molecule has 1 heterocycles. The van der Waals surface area contributed by atoms with Gasteiger partial charge in [0.25, 0.3) is 0 Å². The van der Waals surface area contributed by atoms with Crippen molar-refractivity contribution < 1.29 is 18.7 Å². The Morgan fingerprint density at radius 1 is 1.11 bits per heavy atom. The second kappa shape index (κ2) is 8.44. The van der Waals surface area contributed by atoms with Gasteiger partial charge in [-0.05, 0) is 37.1 Å². The van der Waals surface area contributed by atoms with Crippen molar-refractivity contribution in [2.75, 3.05) is 19.7 Å². The number of carbonyl (C=O) groups is 2. The molecule has 0 spiro atoms. The first-order chi connectivity index (χ1) is 13.0. The van der Waals surface area contributed by atoms with Crippen LogP contribution in [0.5, 0.6) is 0 Å². The van der Waals surface area contributed by atoms with Crippen LogP contribution in [0.4, 0.5) is 4.39 Å². The van der Waals surface area contributed by atoms with Crippen molar-refractivity contribution in [2.24, 2.45) is 0 Å². The summed E-state index contributed by atoms with van der Waals surface area (Å²) in [6.45, 7) is 5.08. The molecule has 4 nitrogen and oxygen atoms in total. The summed E-state index contributed by atoms with van der Waals surface area (Å²) in [4.78, 5) is 26.6. The molecule has 27 heavy (non-hydrogen) atoms. The van der Waals surface area contributed by atoms with Gasteiger partial charge in [0.15, 0.2) is 5.78 Å². The first-order valence-corrected chi connectivity index (χ1v) is 9.20. The van der Waals surface area contributed by atoms with E-state index in [1.807, 2.05) is 26.0 Å². The average molecular weight is 369 g/mol. The van der Waals surface area contributed by atoms with Crippen LogP contribution in [-0.2, 0) is 9.53 Å². The normalized spacial score (nSPS) is 17.0. The van der Waals surface area contributed by atoms with E-state index in [0.717, 1.165) is 11.1 Å². The number of amides is 1. The van der Waals surface area contributed by atoms with E-state index in [4.69, 9.17) is 4.74 Å². The number of nitrogens with zero attached hydrogens (tertiary/aromatic N) is 1. The number of halogens is 1. The number of rotatable bonds is 5. The second-order valence-corrected chi connectivity index (χ2v) is 6.94. The number of benzene rings is 2. The first-order valence-electron chi connectivity index (χ1n) is 9.20. The summed E-state index contributed by atoms with van der Waals surface area (Å²) in [5.41, 5.74) is 3.29. The molecule has 1 saturated heterocycles. The Labute approximate surface area is 158 Å². The van der Waals surface area contributed by atoms with Crippen LogP contribution >= 0.6 is 0 Å². The fourth-order valence-electron chi connectivity index (χ4n) is 3.24. The average Bonchev–Trinajstić information content (AvgIpc) is 2.68. The molecule has 0 saturated carbocycles.